The maximum absolute atomic E-state index is 14.7. The minimum Gasteiger partial charge on any atom is -0.497 e. The van der Waals surface area contributed by atoms with Gasteiger partial charge in [0, 0.05) is 43.6 Å². The van der Waals surface area contributed by atoms with Crippen LogP contribution >= 0.6 is 11.8 Å². The topological polar surface area (TPSA) is 96.5 Å². The molecule has 0 bridgehead atoms. The molecule has 0 unspecified atom stereocenters. The van der Waals surface area contributed by atoms with Gasteiger partial charge in [-0.3, -0.25) is 24.1 Å². The predicted molar refractivity (Wildman–Crippen MR) is 158 cm³/mol. The number of rotatable bonds is 7. The number of thioether (sulfide) groups is 1. The molecular weight excluding hydrogens is 554 g/mol. The average Bonchev–Trinajstić information content (AvgIpc) is 3.33. The van der Waals surface area contributed by atoms with Crippen molar-refractivity contribution in [2.24, 2.45) is 0 Å². The summed E-state index contributed by atoms with van der Waals surface area (Å²) in [6.07, 6.45) is -0.176. The molecule has 2 aliphatic rings. The molecule has 0 radical (unpaired) electrons. The summed E-state index contributed by atoms with van der Waals surface area (Å²) in [7, 11) is 3.14. The quantitative estimate of drug-likeness (QED) is 0.385. The summed E-state index contributed by atoms with van der Waals surface area (Å²) in [5.41, 5.74) is 1.000. The van der Waals surface area contributed by atoms with Crippen LogP contribution in [0.2, 0.25) is 0 Å². The zero-order chi connectivity index (χ0) is 29.9. The molecule has 2 heterocycles. The van der Waals surface area contributed by atoms with E-state index < -0.39 is 22.6 Å². The van der Waals surface area contributed by atoms with Crippen LogP contribution in [0.5, 0.6) is 11.5 Å². The molecule has 0 N–H and O–H groups in total. The number of piperazine rings is 1. The summed E-state index contributed by atoms with van der Waals surface area (Å²) in [4.78, 5) is 60.1. The standard InChI is InChI=1S/C32H33N3O6S/c1-22(36)33-17-19-34(20-18-33)31(39)32(42-27-15-13-26(41-3)14-16-27)21-28(37)35(30(38)24-7-5-4-6-8-24)29(32)23-9-11-25(40-2)12-10-23/h4-16,29H,17-21H2,1-3H3/t29-,32-/m1/s1. The molecule has 2 aliphatic heterocycles. The number of carbonyl (C=O) groups is 4. The molecule has 3 aromatic carbocycles. The maximum Gasteiger partial charge on any atom is 0.261 e. The molecule has 10 heteroatoms. The highest BCUT2D eigenvalue weighted by Crippen LogP contribution is 2.54. The highest BCUT2D eigenvalue weighted by atomic mass is 32.2. The van der Waals surface area contributed by atoms with E-state index in [0.717, 1.165) is 4.90 Å². The molecule has 2 atom stereocenters. The fourth-order valence-electron chi connectivity index (χ4n) is 5.59. The lowest BCUT2D eigenvalue weighted by Crippen LogP contribution is -2.57. The van der Waals surface area contributed by atoms with E-state index in [9.17, 15) is 19.2 Å². The Morgan fingerprint density at radius 2 is 1.33 bits per heavy atom. The molecule has 218 valence electrons. The van der Waals surface area contributed by atoms with Gasteiger partial charge in [0.2, 0.25) is 17.7 Å². The van der Waals surface area contributed by atoms with Gasteiger partial charge in [0.15, 0.2) is 0 Å². The Labute approximate surface area is 249 Å². The van der Waals surface area contributed by atoms with Crippen LogP contribution in [0.25, 0.3) is 0 Å². The van der Waals surface area contributed by atoms with Gasteiger partial charge in [0.05, 0.1) is 26.7 Å². The number of carbonyl (C=O) groups excluding carboxylic acids is 4. The Bertz CT molecular complexity index is 1460. The number of hydrogen-bond donors (Lipinski definition) is 0. The van der Waals surface area contributed by atoms with Crippen molar-refractivity contribution in [3.05, 3.63) is 90.0 Å². The van der Waals surface area contributed by atoms with Crippen molar-refractivity contribution >= 4 is 35.4 Å². The first kappa shape index (κ1) is 29.2. The first-order valence-electron chi connectivity index (χ1n) is 13.7. The summed E-state index contributed by atoms with van der Waals surface area (Å²) < 4.78 is 9.32. The lowest BCUT2D eigenvalue weighted by atomic mass is 9.90. The van der Waals surface area contributed by atoms with Crippen LogP contribution in [-0.2, 0) is 14.4 Å². The highest BCUT2D eigenvalue weighted by Gasteiger charge is 2.61. The number of methoxy groups -OCH3 is 2. The summed E-state index contributed by atoms with van der Waals surface area (Å²) in [6.45, 7) is 2.98. The van der Waals surface area contributed by atoms with E-state index in [1.807, 2.05) is 12.1 Å². The van der Waals surface area contributed by atoms with E-state index in [0.29, 0.717) is 48.8 Å². The van der Waals surface area contributed by atoms with E-state index >= 15 is 0 Å². The molecule has 0 saturated carbocycles. The van der Waals surface area contributed by atoms with Crippen LogP contribution in [0, 0.1) is 0 Å². The summed E-state index contributed by atoms with van der Waals surface area (Å²) in [5.74, 6) is 0.0914. The van der Waals surface area contributed by atoms with E-state index in [1.54, 1.807) is 90.7 Å². The molecule has 0 spiro atoms. The maximum atomic E-state index is 14.7. The van der Waals surface area contributed by atoms with Crippen LogP contribution in [0.3, 0.4) is 0 Å². The van der Waals surface area contributed by atoms with Crippen molar-refractivity contribution in [2.75, 3.05) is 40.4 Å². The van der Waals surface area contributed by atoms with Gasteiger partial charge in [0.1, 0.15) is 16.2 Å². The molecular formula is C32H33N3O6S. The molecule has 0 aromatic heterocycles. The number of amides is 4. The first-order chi connectivity index (χ1) is 20.3. The Balaban J connectivity index is 1.64. The van der Waals surface area contributed by atoms with Gasteiger partial charge >= 0.3 is 0 Å². The van der Waals surface area contributed by atoms with Crippen LogP contribution in [0.4, 0.5) is 0 Å². The van der Waals surface area contributed by atoms with Crippen LogP contribution in [-0.4, -0.2) is 83.5 Å². The molecule has 42 heavy (non-hydrogen) atoms. The molecule has 4 amide bonds. The number of nitrogens with zero attached hydrogens (tertiary/aromatic N) is 3. The van der Waals surface area contributed by atoms with Crippen LogP contribution in [0.1, 0.15) is 35.3 Å². The second-order valence-electron chi connectivity index (χ2n) is 10.3. The molecule has 2 saturated heterocycles. The Kier molecular flexibility index (Phi) is 8.54. The third-order valence-electron chi connectivity index (χ3n) is 7.79. The Morgan fingerprint density at radius 3 is 1.88 bits per heavy atom. The lowest BCUT2D eigenvalue weighted by molar-refractivity contribution is -0.140. The van der Waals surface area contributed by atoms with Crippen molar-refractivity contribution in [1.29, 1.82) is 0 Å². The molecule has 3 aromatic rings. The molecule has 2 fully saturated rings. The minimum atomic E-state index is -1.37. The molecule has 9 nitrogen and oxygen atoms in total. The van der Waals surface area contributed by atoms with Crippen molar-refractivity contribution in [2.45, 2.75) is 29.0 Å². The van der Waals surface area contributed by atoms with Gasteiger partial charge < -0.3 is 19.3 Å². The fourth-order valence-corrected chi connectivity index (χ4v) is 7.05. The number of imide groups is 1. The van der Waals surface area contributed by atoms with Gasteiger partial charge in [-0.05, 0) is 54.1 Å². The highest BCUT2D eigenvalue weighted by molar-refractivity contribution is 8.01. The zero-order valence-electron chi connectivity index (χ0n) is 23.8. The van der Waals surface area contributed by atoms with E-state index in [4.69, 9.17) is 9.47 Å². The molecule has 0 aliphatic carbocycles. The average molecular weight is 588 g/mol. The third-order valence-corrected chi connectivity index (χ3v) is 9.20. The molecule has 5 rings (SSSR count). The summed E-state index contributed by atoms with van der Waals surface area (Å²) in [5, 5.41) is 0. The Morgan fingerprint density at radius 1 is 0.786 bits per heavy atom. The van der Waals surface area contributed by atoms with Crippen molar-refractivity contribution in [1.82, 2.24) is 14.7 Å². The fraction of sp³-hybridized carbons (Fsp3) is 0.312. The van der Waals surface area contributed by atoms with E-state index in [2.05, 4.69) is 0 Å². The predicted octanol–water partition coefficient (Wildman–Crippen LogP) is 4.04. The van der Waals surface area contributed by atoms with Gasteiger partial charge in [-0.25, -0.2) is 0 Å². The van der Waals surface area contributed by atoms with Crippen molar-refractivity contribution in [3.8, 4) is 11.5 Å². The number of hydrogen-bond acceptors (Lipinski definition) is 7. The smallest absolute Gasteiger partial charge is 0.261 e. The van der Waals surface area contributed by atoms with Crippen molar-refractivity contribution in [3.63, 3.8) is 0 Å². The second-order valence-corrected chi connectivity index (χ2v) is 11.7. The second kappa shape index (κ2) is 12.3. The van der Waals surface area contributed by atoms with E-state index in [1.165, 1.54) is 23.6 Å². The van der Waals surface area contributed by atoms with Crippen LogP contribution in [0.15, 0.2) is 83.8 Å². The van der Waals surface area contributed by atoms with Gasteiger partial charge in [-0.15, -0.1) is 11.8 Å². The Hall–Kier alpha value is -4.31. The minimum absolute atomic E-state index is 0.0452. The third kappa shape index (κ3) is 5.59. The summed E-state index contributed by atoms with van der Waals surface area (Å²) in [6, 6.07) is 22.2. The van der Waals surface area contributed by atoms with Crippen LogP contribution < -0.4 is 9.47 Å². The SMILES string of the molecule is COc1ccc(S[C@]2(C(=O)N3CCN(C(C)=O)CC3)CC(=O)N(C(=O)c3ccccc3)[C@@H]2c2ccc(OC)cc2)cc1. The monoisotopic (exact) mass is 587 g/mol. The largest absolute Gasteiger partial charge is 0.497 e. The lowest BCUT2D eigenvalue weighted by Gasteiger charge is -2.42. The van der Waals surface area contributed by atoms with Gasteiger partial charge in [0.25, 0.3) is 5.91 Å². The zero-order valence-corrected chi connectivity index (χ0v) is 24.6. The van der Waals surface area contributed by atoms with E-state index in [-0.39, 0.29) is 18.2 Å². The van der Waals surface area contributed by atoms with Gasteiger partial charge in [-0.2, -0.15) is 0 Å². The summed E-state index contributed by atoms with van der Waals surface area (Å²) >= 11 is 1.29. The normalized spacial score (nSPS) is 20.4. The van der Waals surface area contributed by atoms with Crippen molar-refractivity contribution < 1.29 is 28.7 Å². The first-order valence-corrected chi connectivity index (χ1v) is 14.5. The number of benzene rings is 3. The number of likely N-dealkylation sites (tertiary alicyclic amines) is 1. The number of ether oxygens (including phenoxy) is 2. The van der Waals surface area contributed by atoms with Gasteiger partial charge in [-0.1, -0.05) is 30.3 Å².